The molecule has 0 unspecified atom stereocenters. The van der Waals surface area contributed by atoms with Gasteiger partial charge in [-0.1, -0.05) is 18.2 Å². The van der Waals surface area contributed by atoms with Gasteiger partial charge in [-0.25, -0.2) is 13.2 Å². The highest BCUT2D eigenvalue weighted by atomic mass is 19.3. The van der Waals surface area contributed by atoms with Gasteiger partial charge in [-0.3, -0.25) is 4.79 Å². The number of amides is 1. The lowest BCUT2D eigenvalue weighted by Gasteiger charge is -2.37. The van der Waals surface area contributed by atoms with E-state index in [9.17, 15) is 18.0 Å². The molecule has 1 amide bonds. The van der Waals surface area contributed by atoms with Crippen LogP contribution in [0.2, 0.25) is 0 Å². The number of morpholine rings is 1. The summed E-state index contributed by atoms with van der Waals surface area (Å²) in [5, 5.41) is 2.13. The Morgan fingerprint density at radius 3 is 2.65 bits per heavy atom. The highest BCUT2D eigenvalue weighted by Gasteiger charge is 2.47. The molecule has 0 saturated carbocycles. The lowest BCUT2D eigenvalue weighted by atomic mass is 9.89. The number of ether oxygens (including phenoxy) is 1. The van der Waals surface area contributed by atoms with E-state index in [1.54, 1.807) is 0 Å². The minimum Gasteiger partial charge on any atom is -0.369 e. The van der Waals surface area contributed by atoms with Crippen LogP contribution in [0.4, 0.5) is 13.2 Å². The second-order valence-corrected chi connectivity index (χ2v) is 3.79. The SMILES string of the molecule is O=C1COC[C@](c2ccccc2F)(C(F)F)N1. The molecule has 0 aromatic heterocycles. The molecule has 6 heteroatoms. The monoisotopic (exact) mass is 245 g/mol. The van der Waals surface area contributed by atoms with Gasteiger partial charge in [-0.15, -0.1) is 0 Å². The van der Waals surface area contributed by atoms with Gasteiger partial charge in [-0.05, 0) is 6.07 Å². The van der Waals surface area contributed by atoms with Gasteiger partial charge in [-0.2, -0.15) is 0 Å². The van der Waals surface area contributed by atoms with Crippen LogP contribution in [0.1, 0.15) is 5.56 Å². The van der Waals surface area contributed by atoms with Crippen LogP contribution in [0.5, 0.6) is 0 Å². The summed E-state index contributed by atoms with van der Waals surface area (Å²) in [5.74, 6) is -1.47. The minimum absolute atomic E-state index is 0.261. The van der Waals surface area contributed by atoms with Crippen molar-refractivity contribution in [3.63, 3.8) is 0 Å². The van der Waals surface area contributed by atoms with Crippen LogP contribution in [-0.2, 0) is 15.1 Å². The largest absolute Gasteiger partial charge is 0.369 e. The fourth-order valence-corrected chi connectivity index (χ4v) is 1.83. The first-order valence-electron chi connectivity index (χ1n) is 4.98. The summed E-state index contributed by atoms with van der Waals surface area (Å²) in [5.41, 5.74) is -2.36. The summed E-state index contributed by atoms with van der Waals surface area (Å²) in [7, 11) is 0. The first-order chi connectivity index (χ1) is 8.06. The molecule has 0 radical (unpaired) electrons. The number of benzene rings is 1. The number of rotatable bonds is 2. The van der Waals surface area contributed by atoms with E-state index in [4.69, 9.17) is 4.74 Å². The molecule has 92 valence electrons. The van der Waals surface area contributed by atoms with Crippen LogP contribution in [0.25, 0.3) is 0 Å². The average Bonchev–Trinajstić information content (AvgIpc) is 2.29. The molecule has 0 spiro atoms. The average molecular weight is 245 g/mol. The van der Waals surface area contributed by atoms with Crippen molar-refractivity contribution >= 4 is 5.91 Å². The predicted octanol–water partition coefficient (Wildman–Crippen LogP) is 1.43. The van der Waals surface area contributed by atoms with Gasteiger partial charge in [0.2, 0.25) is 5.91 Å². The third kappa shape index (κ3) is 2.00. The molecule has 1 aromatic rings. The minimum atomic E-state index is -2.95. The summed E-state index contributed by atoms with van der Waals surface area (Å²) in [6.07, 6.45) is -2.95. The molecule has 1 N–H and O–H groups in total. The molecule has 1 atom stereocenters. The van der Waals surface area contributed by atoms with Gasteiger partial charge in [0.05, 0.1) is 6.61 Å². The molecule has 1 fully saturated rings. The molecule has 1 aliphatic heterocycles. The Morgan fingerprint density at radius 1 is 1.35 bits per heavy atom. The number of hydrogen-bond donors (Lipinski definition) is 1. The maximum atomic E-state index is 13.6. The van der Waals surface area contributed by atoms with Crippen molar-refractivity contribution in [2.24, 2.45) is 0 Å². The van der Waals surface area contributed by atoms with Crippen molar-refractivity contribution in [3.8, 4) is 0 Å². The molecule has 1 aromatic carbocycles. The fraction of sp³-hybridized carbons (Fsp3) is 0.364. The normalized spacial score (nSPS) is 24.8. The van der Waals surface area contributed by atoms with Crippen LogP contribution >= 0.6 is 0 Å². The maximum Gasteiger partial charge on any atom is 0.267 e. The van der Waals surface area contributed by atoms with E-state index in [-0.39, 0.29) is 12.2 Å². The van der Waals surface area contributed by atoms with Gasteiger partial charge < -0.3 is 10.1 Å². The van der Waals surface area contributed by atoms with Crippen LogP contribution in [0.3, 0.4) is 0 Å². The number of hydrogen-bond acceptors (Lipinski definition) is 2. The molecule has 1 aliphatic rings. The highest BCUT2D eigenvalue weighted by Crippen LogP contribution is 2.32. The summed E-state index contributed by atoms with van der Waals surface area (Å²) in [4.78, 5) is 11.2. The Labute approximate surface area is 95.6 Å². The zero-order valence-corrected chi connectivity index (χ0v) is 8.75. The summed E-state index contributed by atoms with van der Waals surface area (Å²) < 4.78 is 44.7. The van der Waals surface area contributed by atoms with Crippen molar-refractivity contribution < 1.29 is 22.7 Å². The highest BCUT2D eigenvalue weighted by molar-refractivity contribution is 5.79. The van der Waals surface area contributed by atoms with E-state index >= 15 is 0 Å². The predicted molar refractivity (Wildman–Crippen MR) is 53.0 cm³/mol. The molecule has 0 bridgehead atoms. The molecule has 1 saturated heterocycles. The van der Waals surface area contributed by atoms with E-state index < -0.39 is 30.3 Å². The second kappa shape index (κ2) is 4.37. The van der Waals surface area contributed by atoms with Crippen LogP contribution in [0, 0.1) is 5.82 Å². The van der Waals surface area contributed by atoms with Crippen molar-refractivity contribution in [3.05, 3.63) is 35.6 Å². The fourth-order valence-electron chi connectivity index (χ4n) is 1.83. The molecule has 0 aliphatic carbocycles. The van der Waals surface area contributed by atoms with E-state index in [1.165, 1.54) is 18.2 Å². The molecular formula is C11H10F3NO2. The van der Waals surface area contributed by atoms with Gasteiger partial charge in [0.25, 0.3) is 6.43 Å². The Morgan fingerprint density at radius 2 is 2.06 bits per heavy atom. The first kappa shape index (κ1) is 11.9. The first-order valence-corrected chi connectivity index (χ1v) is 4.98. The standard InChI is InChI=1S/C11H10F3NO2/c12-8-4-2-1-3-7(8)11(10(13)14)6-17-5-9(16)15-11/h1-4,10H,5-6H2,(H,15,16)/t11-/m0/s1. The van der Waals surface area contributed by atoms with E-state index in [0.29, 0.717) is 0 Å². The molecule has 17 heavy (non-hydrogen) atoms. The lowest BCUT2D eigenvalue weighted by molar-refractivity contribution is -0.144. The number of carbonyl (C=O) groups is 1. The van der Waals surface area contributed by atoms with Gasteiger partial charge in [0.15, 0.2) is 5.54 Å². The van der Waals surface area contributed by atoms with Crippen molar-refractivity contribution in [1.29, 1.82) is 0 Å². The molecule has 3 nitrogen and oxygen atoms in total. The molecule has 1 heterocycles. The zero-order chi connectivity index (χ0) is 12.5. The van der Waals surface area contributed by atoms with Crippen molar-refractivity contribution in [2.45, 2.75) is 12.0 Å². The number of halogens is 3. The van der Waals surface area contributed by atoms with Crippen LogP contribution < -0.4 is 5.32 Å². The number of carbonyl (C=O) groups excluding carboxylic acids is 1. The van der Waals surface area contributed by atoms with Gasteiger partial charge >= 0.3 is 0 Å². The second-order valence-electron chi connectivity index (χ2n) is 3.79. The maximum absolute atomic E-state index is 13.6. The van der Waals surface area contributed by atoms with E-state index in [1.807, 2.05) is 0 Å². The molecule has 2 rings (SSSR count). The third-order valence-corrected chi connectivity index (χ3v) is 2.65. The number of alkyl halides is 2. The van der Waals surface area contributed by atoms with Crippen molar-refractivity contribution in [2.75, 3.05) is 13.2 Å². The molecular weight excluding hydrogens is 235 g/mol. The van der Waals surface area contributed by atoms with Crippen LogP contribution in [-0.4, -0.2) is 25.5 Å². The lowest BCUT2D eigenvalue weighted by Crippen LogP contribution is -2.59. The Bertz CT molecular complexity index is 438. The van der Waals surface area contributed by atoms with E-state index in [0.717, 1.165) is 6.07 Å². The van der Waals surface area contributed by atoms with Crippen LogP contribution in [0.15, 0.2) is 24.3 Å². The number of nitrogens with one attached hydrogen (secondary N) is 1. The summed E-state index contributed by atoms with van der Waals surface area (Å²) >= 11 is 0. The zero-order valence-electron chi connectivity index (χ0n) is 8.75. The van der Waals surface area contributed by atoms with Gasteiger partial charge in [0.1, 0.15) is 12.4 Å². The Hall–Kier alpha value is -1.56. The smallest absolute Gasteiger partial charge is 0.267 e. The summed E-state index contributed by atoms with van der Waals surface area (Å²) in [6.45, 7) is -0.736. The quantitative estimate of drug-likeness (QED) is 0.856. The Balaban J connectivity index is 2.48. The summed E-state index contributed by atoms with van der Waals surface area (Å²) in [6, 6.07) is 5.11. The Kier molecular flexibility index (Phi) is 3.06. The van der Waals surface area contributed by atoms with E-state index in [2.05, 4.69) is 5.32 Å². The topological polar surface area (TPSA) is 38.3 Å². The third-order valence-electron chi connectivity index (χ3n) is 2.65. The van der Waals surface area contributed by atoms with Crippen molar-refractivity contribution in [1.82, 2.24) is 5.32 Å². The van der Waals surface area contributed by atoms with Gasteiger partial charge in [0, 0.05) is 5.56 Å².